The molecule has 0 heterocycles. The number of hydrogen-bond acceptors (Lipinski definition) is 1. The topological polar surface area (TPSA) is 29.1 Å². The number of amides is 1. The number of nitrogens with zero attached hydrogens (tertiary/aromatic N) is 1. The number of allylic oxidation sites excluding steroid dienone is 1. The molecule has 0 atom stereocenters. The lowest BCUT2D eigenvalue weighted by Gasteiger charge is -2.35. The highest BCUT2D eigenvalue weighted by atomic mass is 16.1. The molecule has 0 spiro atoms. The monoisotopic (exact) mass is 269 g/mol. The number of hydrogen-bond donors (Lipinski definition) is 1. The van der Waals surface area contributed by atoms with E-state index in [0.717, 1.165) is 43.6 Å². The molecule has 0 aromatic rings. The van der Waals surface area contributed by atoms with Gasteiger partial charge in [-0.05, 0) is 27.2 Å². The van der Waals surface area contributed by atoms with Gasteiger partial charge in [0, 0.05) is 6.42 Å². The van der Waals surface area contributed by atoms with E-state index in [-0.39, 0.29) is 5.91 Å². The predicted molar refractivity (Wildman–Crippen MR) is 83.0 cm³/mol. The van der Waals surface area contributed by atoms with Crippen LogP contribution in [0.1, 0.15) is 53.4 Å². The van der Waals surface area contributed by atoms with Gasteiger partial charge in [-0.15, -0.1) is 0 Å². The summed E-state index contributed by atoms with van der Waals surface area (Å²) in [6.45, 7) is 14.1. The van der Waals surface area contributed by atoms with Crippen molar-refractivity contribution in [2.24, 2.45) is 0 Å². The van der Waals surface area contributed by atoms with Crippen molar-refractivity contribution in [1.82, 2.24) is 5.32 Å². The Morgan fingerprint density at radius 3 is 2.21 bits per heavy atom. The second-order valence-electron chi connectivity index (χ2n) is 5.18. The summed E-state index contributed by atoms with van der Waals surface area (Å²) in [5.41, 5.74) is 0. The number of rotatable bonds is 11. The molecule has 0 aromatic heterocycles. The van der Waals surface area contributed by atoms with Gasteiger partial charge in [0.15, 0.2) is 0 Å². The molecule has 19 heavy (non-hydrogen) atoms. The largest absolute Gasteiger partial charge is 0.350 e. The summed E-state index contributed by atoms with van der Waals surface area (Å²) in [5, 5.41) is 3.03. The first-order valence-corrected chi connectivity index (χ1v) is 7.90. The van der Waals surface area contributed by atoms with Crippen LogP contribution in [0, 0.1) is 0 Å². The summed E-state index contributed by atoms with van der Waals surface area (Å²) in [6, 6.07) is 0. The Bertz CT molecular complexity index is 249. The molecule has 3 heteroatoms. The van der Waals surface area contributed by atoms with Gasteiger partial charge >= 0.3 is 0 Å². The molecule has 1 N–H and O–H groups in total. The van der Waals surface area contributed by atoms with Crippen molar-refractivity contribution >= 4 is 5.91 Å². The van der Waals surface area contributed by atoms with Gasteiger partial charge in [-0.2, -0.15) is 0 Å². The van der Waals surface area contributed by atoms with Crippen molar-refractivity contribution < 1.29 is 9.28 Å². The molecule has 1 amide bonds. The van der Waals surface area contributed by atoms with E-state index in [2.05, 4.69) is 39.1 Å². The fourth-order valence-corrected chi connectivity index (χ4v) is 2.28. The van der Waals surface area contributed by atoms with E-state index in [1.807, 2.05) is 6.08 Å². The van der Waals surface area contributed by atoms with Crippen molar-refractivity contribution in [3.8, 4) is 0 Å². The zero-order valence-electron chi connectivity index (χ0n) is 13.4. The molecule has 112 valence electrons. The molecule has 0 aliphatic carbocycles. The van der Waals surface area contributed by atoms with Crippen molar-refractivity contribution in [1.29, 1.82) is 0 Å². The minimum atomic E-state index is 0.147. The maximum absolute atomic E-state index is 11.7. The number of nitrogens with one attached hydrogen (secondary N) is 1. The van der Waals surface area contributed by atoms with E-state index < -0.39 is 0 Å². The first kappa shape index (κ1) is 18.2. The SMILES string of the molecule is CCCC/C=C/CC(=O)NCC[N+](CC)(CC)CC. The molecule has 0 rings (SSSR count). The van der Waals surface area contributed by atoms with Crippen LogP contribution in [0.25, 0.3) is 0 Å². The van der Waals surface area contributed by atoms with Crippen LogP contribution in [0.15, 0.2) is 12.2 Å². The highest BCUT2D eigenvalue weighted by Gasteiger charge is 2.19. The smallest absolute Gasteiger partial charge is 0.224 e. The van der Waals surface area contributed by atoms with Crippen LogP contribution in [-0.4, -0.2) is 43.1 Å². The fourth-order valence-electron chi connectivity index (χ4n) is 2.28. The molecule has 0 fully saturated rings. The second-order valence-corrected chi connectivity index (χ2v) is 5.18. The van der Waals surface area contributed by atoms with Gasteiger partial charge in [-0.3, -0.25) is 4.79 Å². The van der Waals surface area contributed by atoms with Crippen molar-refractivity contribution in [2.75, 3.05) is 32.7 Å². The summed E-state index contributed by atoms with van der Waals surface area (Å²) in [4.78, 5) is 11.7. The molecule has 0 aromatic carbocycles. The Hall–Kier alpha value is -0.830. The highest BCUT2D eigenvalue weighted by molar-refractivity contribution is 5.77. The molecule has 3 nitrogen and oxygen atoms in total. The maximum Gasteiger partial charge on any atom is 0.224 e. The third-order valence-corrected chi connectivity index (χ3v) is 4.12. The van der Waals surface area contributed by atoms with Gasteiger partial charge in [0.05, 0.1) is 32.7 Å². The van der Waals surface area contributed by atoms with Crippen LogP contribution in [-0.2, 0) is 4.79 Å². The van der Waals surface area contributed by atoms with Crippen LogP contribution in [0.5, 0.6) is 0 Å². The van der Waals surface area contributed by atoms with Crippen molar-refractivity contribution in [2.45, 2.75) is 53.4 Å². The van der Waals surface area contributed by atoms with Crippen molar-refractivity contribution in [3.05, 3.63) is 12.2 Å². The summed E-state index contributed by atoms with van der Waals surface area (Å²) < 4.78 is 1.09. The predicted octanol–water partition coefficient (Wildman–Crippen LogP) is 3.12. The molecule has 0 aliphatic heterocycles. The zero-order valence-corrected chi connectivity index (χ0v) is 13.4. The van der Waals surface area contributed by atoms with Crippen LogP contribution in [0.4, 0.5) is 0 Å². The molecular formula is C16H33N2O+. The summed E-state index contributed by atoms with van der Waals surface area (Å²) in [5.74, 6) is 0.147. The van der Waals surface area contributed by atoms with E-state index in [1.54, 1.807) is 0 Å². The van der Waals surface area contributed by atoms with Gasteiger partial charge in [0.1, 0.15) is 0 Å². The Morgan fingerprint density at radius 1 is 1.05 bits per heavy atom. The Kier molecular flexibility index (Phi) is 10.6. The van der Waals surface area contributed by atoms with Crippen molar-refractivity contribution in [3.63, 3.8) is 0 Å². The first-order chi connectivity index (χ1) is 9.14. The quantitative estimate of drug-likeness (QED) is 0.348. The highest BCUT2D eigenvalue weighted by Crippen LogP contribution is 2.04. The normalized spacial score (nSPS) is 12.0. The van der Waals surface area contributed by atoms with Gasteiger partial charge in [0.2, 0.25) is 5.91 Å². The van der Waals surface area contributed by atoms with Crippen LogP contribution < -0.4 is 5.32 Å². The molecular weight excluding hydrogens is 236 g/mol. The van der Waals surface area contributed by atoms with Crippen LogP contribution >= 0.6 is 0 Å². The first-order valence-electron chi connectivity index (χ1n) is 7.90. The second kappa shape index (κ2) is 11.0. The number of quaternary nitrogens is 1. The lowest BCUT2D eigenvalue weighted by molar-refractivity contribution is -0.922. The molecule has 0 saturated heterocycles. The summed E-state index contributed by atoms with van der Waals surface area (Å²) >= 11 is 0. The fraction of sp³-hybridized carbons (Fsp3) is 0.812. The third kappa shape index (κ3) is 8.04. The molecule has 0 bridgehead atoms. The average Bonchev–Trinajstić information content (AvgIpc) is 2.44. The molecule has 0 aliphatic rings. The number of carbonyl (C=O) groups excluding carboxylic acids is 1. The van der Waals surface area contributed by atoms with Gasteiger partial charge in [-0.25, -0.2) is 0 Å². The Labute approximate surface area is 119 Å². The molecule has 0 radical (unpaired) electrons. The number of carbonyl (C=O) groups is 1. The standard InChI is InChI=1S/C16H32N2O/c1-5-9-10-11-12-13-16(19)17-14-15-18(6-2,7-3)8-4/h11-12H,5-10,13-15H2,1-4H3/p+1/b12-11+. The minimum absolute atomic E-state index is 0.147. The number of unbranched alkanes of at least 4 members (excludes halogenated alkanes) is 2. The maximum atomic E-state index is 11.7. The summed E-state index contributed by atoms with van der Waals surface area (Å²) in [6.07, 6.45) is 8.14. The van der Waals surface area contributed by atoms with Gasteiger partial charge < -0.3 is 9.80 Å². The van der Waals surface area contributed by atoms with E-state index in [1.165, 1.54) is 12.8 Å². The van der Waals surface area contributed by atoms with E-state index in [4.69, 9.17) is 0 Å². The van der Waals surface area contributed by atoms with Gasteiger partial charge in [0.25, 0.3) is 0 Å². The average molecular weight is 269 g/mol. The van der Waals surface area contributed by atoms with E-state index in [9.17, 15) is 4.79 Å². The van der Waals surface area contributed by atoms with E-state index >= 15 is 0 Å². The summed E-state index contributed by atoms with van der Waals surface area (Å²) in [7, 11) is 0. The molecule has 0 unspecified atom stereocenters. The lowest BCUT2D eigenvalue weighted by Crippen LogP contribution is -2.51. The zero-order chi connectivity index (χ0) is 14.6. The van der Waals surface area contributed by atoms with Gasteiger partial charge in [-0.1, -0.05) is 31.9 Å². The molecule has 0 saturated carbocycles. The van der Waals surface area contributed by atoms with E-state index in [0.29, 0.717) is 6.42 Å². The lowest BCUT2D eigenvalue weighted by atomic mass is 10.2. The minimum Gasteiger partial charge on any atom is -0.350 e. The number of likely N-dealkylation sites (N-methyl/N-ethyl adjacent to an activating group) is 1. The third-order valence-electron chi connectivity index (χ3n) is 4.12. The Morgan fingerprint density at radius 2 is 1.68 bits per heavy atom. The van der Waals surface area contributed by atoms with Crippen LogP contribution in [0.3, 0.4) is 0 Å². The Balaban J connectivity index is 3.81. The van der Waals surface area contributed by atoms with Crippen LogP contribution in [0.2, 0.25) is 0 Å².